The molecule has 0 bridgehead atoms. The Bertz CT molecular complexity index is 2460. The second-order valence-corrected chi connectivity index (χ2v) is 13.5. The molecule has 0 N–H and O–H groups in total. The van der Waals surface area contributed by atoms with E-state index in [4.69, 9.17) is 20.0 Å². The van der Waals surface area contributed by atoms with Crippen molar-refractivity contribution < 1.29 is 9.53 Å². The summed E-state index contributed by atoms with van der Waals surface area (Å²) in [6.07, 6.45) is 2.58. The second kappa shape index (κ2) is 16.2. The van der Waals surface area contributed by atoms with Gasteiger partial charge in [-0.1, -0.05) is 146 Å². The summed E-state index contributed by atoms with van der Waals surface area (Å²) in [7, 11) is 0. The quantitative estimate of drug-likeness (QED) is 0.0854. The van der Waals surface area contributed by atoms with Crippen LogP contribution in [0.5, 0.6) is 0 Å². The number of benzene rings is 5. The number of esters is 1. The van der Waals surface area contributed by atoms with E-state index in [1.54, 1.807) is 6.20 Å². The lowest BCUT2D eigenvalue weighted by Gasteiger charge is -2.36. The van der Waals surface area contributed by atoms with Crippen LogP contribution in [0.1, 0.15) is 52.9 Å². The number of carbonyl (C=O) groups excluding carboxylic acids is 1. The van der Waals surface area contributed by atoms with Gasteiger partial charge in [-0.3, -0.25) is 0 Å². The van der Waals surface area contributed by atoms with E-state index in [0.29, 0.717) is 35.9 Å². The molecule has 0 aliphatic carbocycles. The van der Waals surface area contributed by atoms with Gasteiger partial charge in [0, 0.05) is 30.2 Å². The SMILES string of the molecule is CCCN(Cc1ccc(-c2ccccc2-c2nnnn2C(c2ccccc2)(c2ccccc2)c2ccccc2)cc1)c1nc2ncccc2cc1C(=O)OCC. The van der Waals surface area contributed by atoms with Crippen LogP contribution >= 0.6 is 0 Å². The van der Waals surface area contributed by atoms with Crippen molar-refractivity contribution in [1.82, 2.24) is 30.2 Å². The number of carbonyl (C=O) groups is 1. The van der Waals surface area contributed by atoms with Crippen LogP contribution in [0.15, 0.2) is 164 Å². The first-order chi connectivity index (χ1) is 27.6. The summed E-state index contributed by atoms with van der Waals surface area (Å²) in [4.78, 5) is 24.7. The molecule has 8 rings (SSSR count). The van der Waals surface area contributed by atoms with Gasteiger partial charge in [0.2, 0.25) is 0 Å². The summed E-state index contributed by atoms with van der Waals surface area (Å²) >= 11 is 0. The van der Waals surface area contributed by atoms with Crippen LogP contribution in [0.2, 0.25) is 0 Å². The van der Waals surface area contributed by atoms with Gasteiger partial charge in [0.15, 0.2) is 11.5 Å². The highest BCUT2D eigenvalue weighted by Crippen LogP contribution is 2.43. The molecule has 0 aliphatic heterocycles. The highest BCUT2D eigenvalue weighted by Gasteiger charge is 2.42. The summed E-state index contributed by atoms with van der Waals surface area (Å²) in [6, 6.07) is 53.6. The molecular formula is C47H41N7O2. The van der Waals surface area contributed by atoms with E-state index in [0.717, 1.165) is 50.8 Å². The Morgan fingerprint density at radius 1 is 0.714 bits per heavy atom. The van der Waals surface area contributed by atoms with E-state index < -0.39 is 11.5 Å². The molecule has 56 heavy (non-hydrogen) atoms. The molecule has 9 nitrogen and oxygen atoms in total. The van der Waals surface area contributed by atoms with Crippen molar-refractivity contribution in [1.29, 1.82) is 0 Å². The Morgan fingerprint density at radius 2 is 1.32 bits per heavy atom. The summed E-state index contributed by atoms with van der Waals surface area (Å²) in [5.74, 6) is 0.807. The Labute approximate surface area is 326 Å². The number of hydrogen-bond donors (Lipinski definition) is 0. The lowest BCUT2D eigenvalue weighted by atomic mass is 9.77. The van der Waals surface area contributed by atoms with Gasteiger partial charge in [-0.2, -0.15) is 0 Å². The fourth-order valence-electron chi connectivity index (χ4n) is 7.55. The number of aromatic nitrogens is 6. The molecule has 3 heterocycles. The second-order valence-electron chi connectivity index (χ2n) is 13.5. The first kappa shape index (κ1) is 36.0. The van der Waals surface area contributed by atoms with Crippen LogP contribution in [0.4, 0.5) is 5.82 Å². The van der Waals surface area contributed by atoms with Crippen molar-refractivity contribution in [3.05, 3.63) is 192 Å². The van der Waals surface area contributed by atoms with Crippen LogP contribution in [0.25, 0.3) is 33.5 Å². The third-order valence-corrected chi connectivity index (χ3v) is 10.0. The Hall–Kier alpha value is -7.00. The Morgan fingerprint density at radius 3 is 1.93 bits per heavy atom. The van der Waals surface area contributed by atoms with E-state index in [1.165, 1.54) is 0 Å². The predicted molar refractivity (Wildman–Crippen MR) is 220 cm³/mol. The van der Waals surface area contributed by atoms with Gasteiger partial charge in [0.05, 0.1) is 6.61 Å². The normalized spacial score (nSPS) is 11.4. The number of fused-ring (bicyclic) bond motifs is 1. The summed E-state index contributed by atoms with van der Waals surface area (Å²) in [6.45, 7) is 5.43. The molecule has 8 aromatic rings. The first-order valence-electron chi connectivity index (χ1n) is 18.9. The van der Waals surface area contributed by atoms with E-state index in [9.17, 15) is 4.79 Å². The van der Waals surface area contributed by atoms with Crippen LogP contribution < -0.4 is 4.90 Å². The van der Waals surface area contributed by atoms with Gasteiger partial charge < -0.3 is 9.64 Å². The summed E-state index contributed by atoms with van der Waals surface area (Å²) in [5, 5.41) is 14.6. The predicted octanol–water partition coefficient (Wildman–Crippen LogP) is 9.38. The highest BCUT2D eigenvalue weighted by molar-refractivity contribution is 5.98. The fraction of sp³-hybridized carbons (Fsp3) is 0.149. The average Bonchev–Trinajstić information content (AvgIpc) is 3.75. The van der Waals surface area contributed by atoms with Crippen LogP contribution in [-0.2, 0) is 16.8 Å². The molecule has 3 aromatic heterocycles. The van der Waals surface area contributed by atoms with Crippen molar-refractivity contribution in [2.24, 2.45) is 0 Å². The number of ether oxygens (including phenoxy) is 1. The largest absolute Gasteiger partial charge is 0.462 e. The minimum Gasteiger partial charge on any atom is -0.462 e. The first-order valence-corrected chi connectivity index (χ1v) is 18.9. The molecule has 9 heteroatoms. The van der Waals surface area contributed by atoms with E-state index in [2.05, 4.69) is 131 Å². The van der Waals surface area contributed by atoms with Crippen molar-refractivity contribution in [3.63, 3.8) is 0 Å². The Kier molecular flexibility index (Phi) is 10.4. The van der Waals surface area contributed by atoms with Crippen molar-refractivity contribution in [2.75, 3.05) is 18.1 Å². The number of anilines is 1. The zero-order valence-corrected chi connectivity index (χ0v) is 31.4. The molecule has 0 amide bonds. The molecule has 0 unspecified atom stereocenters. The van der Waals surface area contributed by atoms with Gasteiger partial charge in [-0.05, 0) is 75.4 Å². The lowest BCUT2D eigenvalue weighted by molar-refractivity contribution is 0.0526. The number of nitrogens with zero attached hydrogens (tertiary/aromatic N) is 7. The number of tetrazole rings is 1. The molecule has 0 spiro atoms. The molecule has 0 saturated heterocycles. The highest BCUT2D eigenvalue weighted by atomic mass is 16.5. The maximum absolute atomic E-state index is 13.2. The van der Waals surface area contributed by atoms with Crippen LogP contribution in [0, 0.1) is 0 Å². The van der Waals surface area contributed by atoms with Gasteiger partial charge in [-0.25, -0.2) is 19.4 Å². The fourth-order valence-corrected chi connectivity index (χ4v) is 7.55. The maximum atomic E-state index is 13.2. The van der Waals surface area contributed by atoms with Gasteiger partial charge in [0.1, 0.15) is 16.9 Å². The minimum atomic E-state index is -0.878. The zero-order chi connectivity index (χ0) is 38.3. The third kappa shape index (κ3) is 6.79. The molecule has 0 fully saturated rings. The van der Waals surface area contributed by atoms with Crippen molar-refractivity contribution in [3.8, 4) is 22.5 Å². The molecule has 0 atom stereocenters. The summed E-state index contributed by atoms with van der Waals surface area (Å²) in [5.41, 5.74) is 7.23. The van der Waals surface area contributed by atoms with E-state index in [1.807, 2.05) is 60.1 Å². The number of pyridine rings is 2. The third-order valence-electron chi connectivity index (χ3n) is 10.0. The monoisotopic (exact) mass is 735 g/mol. The molecule has 0 saturated carbocycles. The van der Waals surface area contributed by atoms with Crippen molar-refractivity contribution >= 4 is 22.8 Å². The standard InChI is InChI=1S/C47H41N7O2/c1-3-31-53(44-42(46(55)56-4-2)32-36-17-16-30-48-43(36)49-44)33-34-26-28-35(29-27-34)40-24-14-15-25-41(40)45-50-51-52-54(45)47(37-18-8-5-9-19-37,38-20-10-6-11-21-38)39-22-12-7-13-23-39/h5-30,32H,3-4,31,33H2,1-2H3. The van der Waals surface area contributed by atoms with Crippen LogP contribution in [0.3, 0.4) is 0 Å². The molecule has 5 aromatic carbocycles. The van der Waals surface area contributed by atoms with E-state index >= 15 is 0 Å². The molecular weight excluding hydrogens is 695 g/mol. The van der Waals surface area contributed by atoms with Gasteiger partial charge in [0.25, 0.3) is 0 Å². The smallest absolute Gasteiger partial charge is 0.341 e. The molecule has 276 valence electrons. The number of hydrogen-bond acceptors (Lipinski definition) is 8. The Balaban J connectivity index is 1.20. The summed E-state index contributed by atoms with van der Waals surface area (Å²) < 4.78 is 7.43. The molecule has 0 aliphatic rings. The van der Waals surface area contributed by atoms with Gasteiger partial charge in [-0.15, -0.1) is 5.10 Å². The van der Waals surface area contributed by atoms with Gasteiger partial charge >= 0.3 is 5.97 Å². The topological polar surface area (TPSA) is 98.9 Å². The number of rotatable bonds is 13. The lowest BCUT2D eigenvalue weighted by Crippen LogP contribution is -2.39. The van der Waals surface area contributed by atoms with Crippen LogP contribution in [-0.4, -0.2) is 49.3 Å². The maximum Gasteiger partial charge on any atom is 0.341 e. The van der Waals surface area contributed by atoms with Crippen molar-refractivity contribution in [2.45, 2.75) is 32.4 Å². The zero-order valence-electron chi connectivity index (χ0n) is 31.4. The van der Waals surface area contributed by atoms with E-state index in [-0.39, 0.29) is 6.61 Å². The minimum absolute atomic E-state index is 0.276. The molecule has 0 radical (unpaired) electrons. The average molecular weight is 736 g/mol.